The minimum atomic E-state index is 0. The number of hydrogen-bond donors (Lipinski definition) is 2. The smallest absolute Gasteiger partial charge is 0.236 e. The Balaban J connectivity index is 0.00000121. The maximum Gasteiger partial charge on any atom is 0.236 e. The third-order valence-electron chi connectivity index (χ3n) is 3.91. The Kier molecular flexibility index (Phi) is 3.16. The highest BCUT2D eigenvalue weighted by atomic mass is 35.5. The van der Waals surface area contributed by atoms with Crippen LogP contribution in [0.25, 0.3) is 0 Å². The Morgan fingerprint density at radius 3 is 2.10 bits per heavy atom. The van der Waals surface area contributed by atoms with Crippen molar-refractivity contribution in [3.63, 3.8) is 0 Å². The van der Waals surface area contributed by atoms with Crippen LogP contribution >= 0.6 is 0 Å². The van der Waals surface area contributed by atoms with Crippen LogP contribution in [0.2, 0.25) is 0 Å². The highest BCUT2D eigenvalue weighted by Crippen LogP contribution is 2.18. The molecule has 0 bridgehead atoms. The number of benzene rings is 2. The molecule has 2 aliphatic rings. The van der Waals surface area contributed by atoms with E-state index in [2.05, 4.69) is 29.3 Å². The van der Waals surface area contributed by atoms with E-state index in [1.54, 1.807) is 0 Å². The van der Waals surface area contributed by atoms with Gasteiger partial charge in [-0.15, -0.1) is 0 Å². The summed E-state index contributed by atoms with van der Waals surface area (Å²) < 4.78 is 0. The molecule has 4 rings (SSSR count). The zero-order valence-electron chi connectivity index (χ0n) is 10.9. The van der Waals surface area contributed by atoms with Crippen molar-refractivity contribution < 1.29 is 17.3 Å². The molecule has 2 heterocycles. The first-order valence-electron chi connectivity index (χ1n) is 6.52. The first kappa shape index (κ1) is 13.0. The zero-order chi connectivity index (χ0) is 12.8. The maximum atomic E-state index is 8.20. The summed E-state index contributed by atoms with van der Waals surface area (Å²) in [4.78, 5) is 5.93. The van der Waals surface area contributed by atoms with Crippen LogP contribution in [0.3, 0.4) is 0 Å². The Hall–Kier alpha value is -1.97. The Bertz CT molecular complexity index is 721. The van der Waals surface area contributed by atoms with Gasteiger partial charge < -0.3 is 12.4 Å². The molecular formula is C16H14ClN3. The van der Waals surface area contributed by atoms with Crippen molar-refractivity contribution in [3.8, 4) is 0 Å². The van der Waals surface area contributed by atoms with Gasteiger partial charge in [-0.3, -0.25) is 10.3 Å². The second-order valence-electron chi connectivity index (χ2n) is 5.08. The van der Waals surface area contributed by atoms with Gasteiger partial charge in [0.2, 0.25) is 5.84 Å². The molecule has 2 N–H and O–H groups in total. The standard InChI is InChI=1S/C16H13N3.ClH/c17-15-13-7-3-1-5-11(13)9-19-10-12-6-2-4-8-14(12)16(19)18-15;/h1-8,17H,9-10H2;1H. The van der Waals surface area contributed by atoms with Gasteiger partial charge in [0.25, 0.3) is 0 Å². The van der Waals surface area contributed by atoms with Crippen LogP contribution in [0.15, 0.2) is 53.5 Å². The fraction of sp³-hybridized carbons (Fsp3) is 0.125. The second kappa shape index (κ2) is 4.85. The molecule has 0 saturated carbocycles. The molecule has 0 aromatic heterocycles. The SMILES string of the molecule is N=C1N=C2c3ccccc3C[NH+]2Cc2ccccc21.[Cl-]. The predicted molar refractivity (Wildman–Crippen MR) is 74.6 cm³/mol. The van der Waals surface area contributed by atoms with Crippen molar-refractivity contribution in [1.29, 1.82) is 5.41 Å². The molecule has 2 aromatic rings. The molecule has 1 unspecified atom stereocenters. The lowest BCUT2D eigenvalue weighted by atomic mass is 10.1. The maximum absolute atomic E-state index is 8.20. The number of rotatable bonds is 0. The van der Waals surface area contributed by atoms with Crippen LogP contribution in [0.1, 0.15) is 22.3 Å². The van der Waals surface area contributed by atoms with Crippen LogP contribution in [-0.2, 0) is 13.1 Å². The van der Waals surface area contributed by atoms with E-state index >= 15 is 0 Å². The number of nitrogens with one attached hydrogen (secondary N) is 2. The summed E-state index contributed by atoms with van der Waals surface area (Å²) >= 11 is 0. The average molecular weight is 284 g/mol. The second-order valence-corrected chi connectivity index (χ2v) is 5.08. The lowest BCUT2D eigenvalue weighted by Gasteiger charge is -2.11. The van der Waals surface area contributed by atoms with Crippen LogP contribution in [0.5, 0.6) is 0 Å². The van der Waals surface area contributed by atoms with Crippen molar-refractivity contribution in [2.24, 2.45) is 4.99 Å². The molecule has 0 fully saturated rings. The van der Waals surface area contributed by atoms with Crippen molar-refractivity contribution in [1.82, 2.24) is 0 Å². The molecule has 0 radical (unpaired) electrons. The minimum Gasteiger partial charge on any atom is -1.00 e. The number of quaternary nitrogens is 1. The van der Waals surface area contributed by atoms with E-state index in [0.29, 0.717) is 5.84 Å². The van der Waals surface area contributed by atoms with Gasteiger partial charge in [0.05, 0.1) is 5.56 Å². The molecule has 100 valence electrons. The fourth-order valence-corrected chi connectivity index (χ4v) is 3.00. The van der Waals surface area contributed by atoms with E-state index < -0.39 is 0 Å². The van der Waals surface area contributed by atoms with E-state index in [1.165, 1.54) is 21.6 Å². The molecule has 0 saturated heterocycles. The summed E-state index contributed by atoms with van der Waals surface area (Å²) in [7, 11) is 0. The first-order valence-corrected chi connectivity index (χ1v) is 6.52. The molecular weight excluding hydrogens is 270 g/mol. The Labute approximate surface area is 123 Å². The minimum absolute atomic E-state index is 0. The molecule has 0 aliphatic carbocycles. The largest absolute Gasteiger partial charge is 1.00 e. The summed E-state index contributed by atoms with van der Waals surface area (Å²) in [6.07, 6.45) is 0. The van der Waals surface area contributed by atoms with E-state index in [1.807, 2.05) is 24.3 Å². The Morgan fingerprint density at radius 2 is 1.40 bits per heavy atom. The lowest BCUT2D eigenvalue weighted by molar-refractivity contribution is -0.830. The summed E-state index contributed by atoms with van der Waals surface area (Å²) in [6.45, 7) is 1.88. The number of aliphatic imine (C=N–C) groups is 1. The molecule has 4 heteroatoms. The number of amidine groups is 2. The van der Waals surface area contributed by atoms with Gasteiger partial charge in [-0.25, -0.2) is 0 Å². The molecule has 1 atom stereocenters. The van der Waals surface area contributed by atoms with Crippen molar-refractivity contribution in [2.45, 2.75) is 13.1 Å². The number of hydrogen-bond acceptors (Lipinski definition) is 1. The highest BCUT2D eigenvalue weighted by molar-refractivity contribution is 6.09. The molecule has 0 spiro atoms. The fourth-order valence-electron chi connectivity index (χ4n) is 3.00. The van der Waals surface area contributed by atoms with Crippen LogP contribution < -0.4 is 17.3 Å². The molecule has 20 heavy (non-hydrogen) atoms. The van der Waals surface area contributed by atoms with Gasteiger partial charge in [-0.2, -0.15) is 4.99 Å². The summed E-state index contributed by atoms with van der Waals surface area (Å²) in [5.41, 5.74) is 4.72. The van der Waals surface area contributed by atoms with Crippen LogP contribution in [0.4, 0.5) is 0 Å². The van der Waals surface area contributed by atoms with Gasteiger partial charge >= 0.3 is 0 Å². The number of fused-ring (bicyclic) bond motifs is 4. The predicted octanol–water partition coefficient (Wildman–Crippen LogP) is -1.63. The third kappa shape index (κ3) is 1.87. The van der Waals surface area contributed by atoms with E-state index in [0.717, 1.165) is 24.5 Å². The van der Waals surface area contributed by atoms with Crippen molar-refractivity contribution >= 4 is 11.7 Å². The van der Waals surface area contributed by atoms with Crippen LogP contribution in [-0.4, -0.2) is 11.7 Å². The van der Waals surface area contributed by atoms with Crippen molar-refractivity contribution in [3.05, 3.63) is 70.8 Å². The highest BCUT2D eigenvalue weighted by Gasteiger charge is 2.33. The van der Waals surface area contributed by atoms with Gasteiger partial charge in [0, 0.05) is 16.7 Å². The lowest BCUT2D eigenvalue weighted by Crippen LogP contribution is -3.10. The quantitative estimate of drug-likeness (QED) is 0.583. The summed E-state index contributed by atoms with van der Waals surface area (Å²) in [6, 6.07) is 16.5. The topological polar surface area (TPSA) is 40.6 Å². The van der Waals surface area contributed by atoms with Gasteiger partial charge in [0.1, 0.15) is 13.1 Å². The molecule has 2 aliphatic heterocycles. The Morgan fingerprint density at radius 1 is 0.850 bits per heavy atom. The third-order valence-corrected chi connectivity index (χ3v) is 3.91. The first-order chi connectivity index (χ1) is 9.33. The van der Waals surface area contributed by atoms with Gasteiger partial charge in [-0.05, 0) is 6.07 Å². The average Bonchev–Trinajstić information content (AvgIpc) is 2.70. The zero-order valence-corrected chi connectivity index (χ0v) is 11.6. The molecule has 2 aromatic carbocycles. The normalized spacial score (nSPS) is 19.1. The van der Waals surface area contributed by atoms with Gasteiger partial charge in [-0.1, -0.05) is 42.5 Å². The summed E-state index contributed by atoms with van der Waals surface area (Å²) in [5.74, 6) is 1.41. The molecule has 0 amide bonds. The van der Waals surface area contributed by atoms with Gasteiger partial charge in [0.15, 0.2) is 5.84 Å². The van der Waals surface area contributed by atoms with E-state index in [9.17, 15) is 0 Å². The van der Waals surface area contributed by atoms with Crippen molar-refractivity contribution in [2.75, 3.05) is 0 Å². The van der Waals surface area contributed by atoms with E-state index in [4.69, 9.17) is 5.41 Å². The van der Waals surface area contributed by atoms with Crippen LogP contribution in [0, 0.1) is 5.41 Å². The number of nitrogens with zero attached hydrogens (tertiary/aromatic N) is 1. The summed E-state index contributed by atoms with van der Waals surface area (Å²) in [5, 5.41) is 8.20. The number of halogens is 1. The monoisotopic (exact) mass is 283 g/mol. The molecule has 3 nitrogen and oxygen atoms in total. The van der Waals surface area contributed by atoms with E-state index in [-0.39, 0.29) is 12.4 Å².